The third-order valence-corrected chi connectivity index (χ3v) is 5.68. The predicted octanol–water partition coefficient (Wildman–Crippen LogP) is 1.64. The Morgan fingerprint density at radius 2 is 1.79 bits per heavy atom. The van der Waals surface area contributed by atoms with Crippen LogP contribution in [-0.2, 0) is 23.8 Å². The minimum atomic E-state index is -0.997. The number of carbonyl (C=O) groups excluding carboxylic acids is 2. The smallest absolute Gasteiger partial charge is 0.241 e. The van der Waals surface area contributed by atoms with Gasteiger partial charge in [-0.15, -0.1) is 0 Å². The lowest BCUT2D eigenvalue weighted by molar-refractivity contribution is -0.180. The van der Waals surface area contributed by atoms with Crippen molar-refractivity contribution in [1.29, 1.82) is 0 Å². The molecule has 0 aromatic heterocycles. The van der Waals surface area contributed by atoms with Gasteiger partial charge in [0.1, 0.15) is 0 Å². The first-order chi connectivity index (χ1) is 11.6. The Morgan fingerprint density at radius 3 is 2.50 bits per heavy atom. The summed E-state index contributed by atoms with van der Waals surface area (Å²) in [7, 11) is 0. The Hall–Kier alpha value is -1.54. The number of fused-ring (bicyclic) bond motifs is 5. The summed E-state index contributed by atoms with van der Waals surface area (Å²) in [5.74, 6) is -1.59. The minimum Gasteiger partial charge on any atom is -0.357 e. The summed E-state index contributed by atoms with van der Waals surface area (Å²) in [4.78, 5) is 27.3. The first kappa shape index (κ1) is 14.8. The van der Waals surface area contributed by atoms with Gasteiger partial charge in [-0.3, -0.25) is 9.59 Å². The van der Waals surface area contributed by atoms with E-state index in [1.54, 1.807) is 12.1 Å². The number of anilines is 1. The van der Waals surface area contributed by atoms with Crippen LogP contribution in [-0.4, -0.2) is 43.0 Å². The highest BCUT2D eigenvalue weighted by Crippen LogP contribution is 2.55. The number of halogens is 1. The minimum absolute atomic E-state index is 0.221. The molecule has 124 valence electrons. The Morgan fingerprint density at radius 1 is 1.08 bits per heavy atom. The largest absolute Gasteiger partial charge is 0.357 e. The van der Waals surface area contributed by atoms with Crippen LogP contribution in [0.2, 0.25) is 0 Å². The van der Waals surface area contributed by atoms with Gasteiger partial charge in [0.15, 0.2) is 11.9 Å². The molecule has 3 saturated heterocycles. The number of carbonyl (C=O) groups is 2. The molecule has 4 aliphatic heterocycles. The number of ether oxygens (including phenoxy) is 3. The van der Waals surface area contributed by atoms with Crippen molar-refractivity contribution in [3.05, 3.63) is 40.9 Å². The first-order valence-corrected chi connectivity index (χ1v) is 8.65. The van der Waals surface area contributed by atoms with Crippen molar-refractivity contribution in [3.8, 4) is 0 Å². The predicted molar refractivity (Wildman–Crippen MR) is 86.1 cm³/mol. The van der Waals surface area contributed by atoms with Crippen molar-refractivity contribution >= 4 is 33.4 Å². The maximum Gasteiger partial charge on any atom is 0.241 e. The van der Waals surface area contributed by atoms with E-state index in [9.17, 15) is 9.59 Å². The topological polar surface area (TPSA) is 65.1 Å². The molecular formula is C17H14BrNO5. The number of amides is 2. The molecule has 1 aromatic rings. The van der Waals surface area contributed by atoms with Crippen LogP contribution in [0, 0.1) is 11.8 Å². The van der Waals surface area contributed by atoms with Crippen LogP contribution in [0.15, 0.2) is 40.9 Å². The number of imide groups is 1. The average molecular weight is 392 g/mol. The summed E-state index contributed by atoms with van der Waals surface area (Å²) in [6.07, 6.45) is 2.64. The zero-order valence-electron chi connectivity index (χ0n) is 12.6. The van der Waals surface area contributed by atoms with Gasteiger partial charge in [-0.2, -0.15) is 0 Å². The van der Waals surface area contributed by atoms with Gasteiger partial charge < -0.3 is 14.2 Å². The Balaban J connectivity index is 1.56. The summed E-state index contributed by atoms with van der Waals surface area (Å²) in [5, 5.41) is 0. The van der Waals surface area contributed by atoms with Crippen molar-refractivity contribution in [2.45, 2.75) is 18.0 Å². The second-order valence-electron chi connectivity index (χ2n) is 6.36. The van der Waals surface area contributed by atoms with Gasteiger partial charge >= 0.3 is 0 Å². The lowest BCUT2D eigenvalue weighted by Crippen LogP contribution is -2.49. The van der Waals surface area contributed by atoms with Crippen LogP contribution >= 0.6 is 15.9 Å². The third kappa shape index (κ3) is 1.75. The van der Waals surface area contributed by atoms with Gasteiger partial charge in [0.2, 0.25) is 11.8 Å². The molecule has 0 N–H and O–H groups in total. The van der Waals surface area contributed by atoms with E-state index in [4.69, 9.17) is 14.2 Å². The van der Waals surface area contributed by atoms with Gasteiger partial charge in [0, 0.05) is 4.47 Å². The summed E-state index contributed by atoms with van der Waals surface area (Å²) < 4.78 is 18.1. The first-order valence-electron chi connectivity index (χ1n) is 7.85. The van der Waals surface area contributed by atoms with E-state index in [0.29, 0.717) is 18.9 Å². The maximum atomic E-state index is 13.1. The molecule has 0 aliphatic carbocycles. The summed E-state index contributed by atoms with van der Waals surface area (Å²) in [6, 6.07) is 7.14. The number of hydrogen-bond acceptors (Lipinski definition) is 5. The number of benzene rings is 1. The second-order valence-corrected chi connectivity index (χ2v) is 7.28. The van der Waals surface area contributed by atoms with E-state index in [2.05, 4.69) is 15.9 Å². The molecule has 4 atom stereocenters. The molecule has 0 spiro atoms. The summed E-state index contributed by atoms with van der Waals surface area (Å²) in [6.45, 7) is 0.925. The second kappa shape index (κ2) is 4.98. The number of nitrogens with zero attached hydrogens (tertiary/aromatic N) is 1. The molecule has 2 amide bonds. The Bertz CT molecular complexity index is 757. The molecule has 5 rings (SSSR count). The molecule has 4 heterocycles. The third-order valence-electron chi connectivity index (χ3n) is 5.15. The SMILES string of the molecule is O=C1[C@H]2[C@@H](C(=O)N1c1ccc(Br)cc1)[C@@]1(C3OCCO3)C=C[C@H]2O1. The van der Waals surface area contributed by atoms with Crippen molar-refractivity contribution in [1.82, 2.24) is 0 Å². The Kier molecular flexibility index (Phi) is 3.07. The van der Waals surface area contributed by atoms with Crippen LogP contribution in [0.1, 0.15) is 0 Å². The molecule has 2 bridgehead atoms. The fourth-order valence-corrected chi connectivity index (χ4v) is 4.43. The van der Waals surface area contributed by atoms with E-state index >= 15 is 0 Å². The average Bonchev–Trinajstić information content (AvgIpc) is 3.33. The van der Waals surface area contributed by atoms with Gasteiger partial charge in [-0.25, -0.2) is 4.90 Å². The lowest BCUT2D eigenvalue weighted by atomic mass is 9.76. The quantitative estimate of drug-likeness (QED) is 0.566. The van der Waals surface area contributed by atoms with E-state index < -0.39 is 29.8 Å². The van der Waals surface area contributed by atoms with E-state index in [1.165, 1.54) is 4.90 Å². The molecule has 0 unspecified atom stereocenters. The van der Waals surface area contributed by atoms with Gasteiger partial charge in [0.25, 0.3) is 0 Å². The highest BCUT2D eigenvalue weighted by molar-refractivity contribution is 9.10. The summed E-state index contributed by atoms with van der Waals surface area (Å²) >= 11 is 3.36. The van der Waals surface area contributed by atoms with Crippen LogP contribution in [0.3, 0.4) is 0 Å². The molecule has 1 aromatic carbocycles. The fraction of sp³-hybridized carbons (Fsp3) is 0.412. The molecule has 7 heteroatoms. The normalized spacial score (nSPS) is 37.7. The molecular weight excluding hydrogens is 378 g/mol. The van der Waals surface area contributed by atoms with Crippen molar-refractivity contribution in [2.24, 2.45) is 11.8 Å². The van der Waals surface area contributed by atoms with Crippen LogP contribution in [0.4, 0.5) is 5.69 Å². The van der Waals surface area contributed by atoms with Crippen molar-refractivity contribution in [2.75, 3.05) is 18.1 Å². The van der Waals surface area contributed by atoms with Gasteiger partial charge in [-0.05, 0) is 30.3 Å². The highest BCUT2D eigenvalue weighted by Gasteiger charge is 2.71. The summed E-state index contributed by atoms with van der Waals surface area (Å²) in [5.41, 5.74) is -0.423. The van der Waals surface area contributed by atoms with Crippen LogP contribution in [0.25, 0.3) is 0 Å². The number of rotatable bonds is 2. The molecule has 6 nitrogen and oxygen atoms in total. The highest BCUT2D eigenvalue weighted by atomic mass is 79.9. The number of hydrogen-bond donors (Lipinski definition) is 0. The monoisotopic (exact) mass is 391 g/mol. The van der Waals surface area contributed by atoms with Crippen LogP contribution in [0.5, 0.6) is 0 Å². The maximum absolute atomic E-state index is 13.1. The van der Waals surface area contributed by atoms with E-state index in [0.717, 1.165) is 4.47 Å². The fourth-order valence-electron chi connectivity index (χ4n) is 4.17. The van der Waals surface area contributed by atoms with Crippen LogP contribution < -0.4 is 4.90 Å². The molecule has 0 radical (unpaired) electrons. The van der Waals surface area contributed by atoms with Crippen molar-refractivity contribution in [3.63, 3.8) is 0 Å². The molecule has 4 aliphatic rings. The van der Waals surface area contributed by atoms with Crippen molar-refractivity contribution < 1.29 is 23.8 Å². The molecule has 24 heavy (non-hydrogen) atoms. The van der Waals surface area contributed by atoms with Gasteiger partial charge in [-0.1, -0.05) is 22.0 Å². The zero-order valence-corrected chi connectivity index (χ0v) is 14.1. The molecule has 0 saturated carbocycles. The van der Waals surface area contributed by atoms with Gasteiger partial charge in [0.05, 0.1) is 36.8 Å². The van der Waals surface area contributed by atoms with E-state index in [1.807, 2.05) is 24.3 Å². The Labute approximate surface area is 146 Å². The molecule has 3 fully saturated rings. The standard InChI is InChI=1S/C17H14BrNO5/c18-9-1-3-10(4-2-9)19-14(20)12-11-5-6-17(24-11,13(12)15(19)21)16-22-7-8-23-16/h1-6,11-13,16H,7-8H2/t11-,12-,13+,17-/m1/s1. The lowest BCUT2D eigenvalue weighted by Gasteiger charge is -2.32. The zero-order chi connectivity index (χ0) is 16.5. The van der Waals surface area contributed by atoms with E-state index in [-0.39, 0.29) is 11.8 Å².